The molecule has 0 atom stereocenters. The molecule has 0 N–H and O–H groups in total. The predicted octanol–water partition coefficient (Wildman–Crippen LogP) is 4.86. The van der Waals surface area contributed by atoms with Crippen molar-refractivity contribution in [3.8, 4) is 0 Å². The minimum Gasteiger partial charge on any atom is -0.379 e. The van der Waals surface area contributed by atoms with E-state index in [9.17, 15) is 18.0 Å². The van der Waals surface area contributed by atoms with E-state index in [2.05, 4.69) is 4.90 Å². The Labute approximate surface area is 188 Å². The van der Waals surface area contributed by atoms with Crippen LogP contribution >= 0.6 is 11.3 Å². The maximum absolute atomic E-state index is 13.4. The summed E-state index contributed by atoms with van der Waals surface area (Å²) in [4.78, 5) is 21.8. The van der Waals surface area contributed by atoms with Crippen LogP contribution in [0.5, 0.6) is 0 Å². The lowest BCUT2D eigenvalue weighted by Crippen LogP contribution is -2.43. The second-order valence-electron chi connectivity index (χ2n) is 7.60. The highest BCUT2D eigenvalue weighted by Gasteiger charge is 2.32. The van der Waals surface area contributed by atoms with Gasteiger partial charge >= 0.3 is 6.18 Å². The summed E-state index contributed by atoms with van der Waals surface area (Å²) < 4.78 is 46.0. The third kappa shape index (κ3) is 4.95. The number of rotatable bonds is 6. The molecule has 1 aliphatic heterocycles. The predicted molar refractivity (Wildman–Crippen MR) is 119 cm³/mol. The molecule has 0 spiro atoms. The summed E-state index contributed by atoms with van der Waals surface area (Å²) >= 11 is 1.38. The van der Waals surface area contributed by atoms with Crippen LogP contribution in [-0.4, -0.2) is 55.2 Å². The molecular formula is C23H24F3N3O2S. The zero-order chi connectivity index (χ0) is 22.7. The van der Waals surface area contributed by atoms with Crippen molar-refractivity contribution in [2.24, 2.45) is 0 Å². The molecule has 1 fully saturated rings. The van der Waals surface area contributed by atoms with Crippen LogP contribution in [0.3, 0.4) is 0 Å². The van der Waals surface area contributed by atoms with Crippen molar-refractivity contribution in [1.82, 2.24) is 9.88 Å². The summed E-state index contributed by atoms with van der Waals surface area (Å²) in [6.45, 7) is 5.72. The number of ether oxygens (including phenoxy) is 1. The monoisotopic (exact) mass is 463 g/mol. The van der Waals surface area contributed by atoms with Crippen LogP contribution in [0.15, 0.2) is 42.5 Å². The molecule has 0 radical (unpaired) electrons. The van der Waals surface area contributed by atoms with Crippen molar-refractivity contribution in [3.63, 3.8) is 0 Å². The fourth-order valence-electron chi connectivity index (χ4n) is 3.73. The summed E-state index contributed by atoms with van der Waals surface area (Å²) in [6.07, 6.45) is -3.71. The molecule has 1 aromatic heterocycles. The number of carbonyl (C=O) groups is 1. The average Bonchev–Trinajstić information content (AvgIpc) is 3.23. The van der Waals surface area contributed by atoms with Crippen molar-refractivity contribution < 1.29 is 22.7 Å². The van der Waals surface area contributed by atoms with Gasteiger partial charge in [0.05, 0.1) is 29.0 Å². The number of para-hydroxylation sites is 1. The summed E-state index contributed by atoms with van der Waals surface area (Å²) in [5.74, 6) is -0.485. The molecule has 4 rings (SSSR count). The minimum atomic E-state index is -4.51. The topological polar surface area (TPSA) is 45.7 Å². The minimum absolute atomic E-state index is 0.00299. The molecule has 1 saturated heterocycles. The van der Waals surface area contributed by atoms with E-state index in [1.165, 1.54) is 28.4 Å². The molecule has 170 valence electrons. The molecule has 0 bridgehead atoms. The first-order chi connectivity index (χ1) is 15.4. The molecule has 5 nitrogen and oxygen atoms in total. The van der Waals surface area contributed by atoms with Crippen LogP contribution in [0.25, 0.3) is 10.2 Å². The third-order valence-electron chi connectivity index (χ3n) is 5.53. The quantitative estimate of drug-likeness (QED) is 0.524. The molecule has 2 aromatic carbocycles. The molecule has 0 saturated carbocycles. The number of nitrogens with zero attached hydrogens (tertiary/aromatic N) is 3. The summed E-state index contributed by atoms with van der Waals surface area (Å²) in [5, 5.41) is 0.497. The fraction of sp³-hybridized carbons (Fsp3) is 0.391. The number of thiazole rings is 1. The number of aryl methyl sites for hydroxylation is 1. The summed E-state index contributed by atoms with van der Waals surface area (Å²) in [7, 11) is 0. The average molecular weight is 464 g/mol. The van der Waals surface area contributed by atoms with E-state index < -0.39 is 17.6 Å². The Bertz CT molecular complexity index is 1090. The van der Waals surface area contributed by atoms with E-state index in [0.29, 0.717) is 31.4 Å². The zero-order valence-electron chi connectivity index (χ0n) is 17.7. The molecule has 9 heteroatoms. The van der Waals surface area contributed by atoms with E-state index in [4.69, 9.17) is 9.72 Å². The molecule has 0 unspecified atom stereocenters. The second-order valence-corrected chi connectivity index (χ2v) is 8.61. The van der Waals surface area contributed by atoms with E-state index >= 15 is 0 Å². The molecule has 3 aromatic rings. The standard InChI is InChI=1S/C23H24F3N3O2S/c1-2-16-5-4-8-19-20(16)27-22(32-19)29(10-9-28-11-13-31-14-12-28)21(30)17-6-3-7-18(15-17)23(24,25)26/h3-8,15H,2,9-14H2,1H3. The van der Waals surface area contributed by atoms with Gasteiger partial charge in [-0.3, -0.25) is 14.6 Å². The number of morpholine rings is 1. The number of benzene rings is 2. The molecule has 1 aliphatic rings. The fourth-order valence-corrected chi connectivity index (χ4v) is 4.77. The van der Waals surface area contributed by atoms with Gasteiger partial charge in [-0.15, -0.1) is 0 Å². The van der Waals surface area contributed by atoms with Crippen LogP contribution in [0, 0.1) is 0 Å². The van der Waals surface area contributed by atoms with Gasteiger partial charge in [0.2, 0.25) is 0 Å². The van der Waals surface area contributed by atoms with Crippen LogP contribution in [0.2, 0.25) is 0 Å². The lowest BCUT2D eigenvalue weighted by molar-refractivity contribution is -0.137. The number of carbonyl (C=O) groups excluding carboxylic acids is 1. The van der Waals surface area contributed by atoms with Crippen molar-refractivity contribution in [2.75, 3.05) is 44.3 Å². The number of halogens is 3. The first-order valence-corrected chi connectivity index (χ1v) is 11.4. The molecule has 0 aliphatic carbocycles. The molecule has 1 amide bonds. The number of alkyl halides is 3. The maximum atomic E-state index is 13.4. The van der Waals surface area contributed by atoms with Crippen LogP contribution in [0.1, 0.15) is 28.4 Å². The van der Waals surface area contributed by atoms with Gasteiger partial charge in [0.1, 0.15) is 0 Å². The first kappa shape index (κ1) is 22.7. The smallest absolute Gasteiger partial charge is 0.379 e. The highest BCUT2D eigenvalue weighted by molar-refractivity contribution is 7.22. The Morgan fingerprint density at radius 3 is 2.66 bits per heavy atom. The SMILES string of the molecule is CCc1cccc2sc(N(CCN3CCOCC3)C(=O)c3cccc(C(F)(F)F)c3)nc12. The van der Waals surface area contributed by atoms with E-state index in [0.717, 1.165) is 47.4 Å². The molecule has 32 heavy (non-hydrogen) atoms. The van der Waals surface area contributed by atoms with Crippen LogP contribution < -0.4 is 4.90 Å². The van der Waals surface area contributed by atoms with Gasteiger partial charge in [-0.05, 0) is 36.2 Å². The van der Waals surface area contributed by atoms with Gasteiger partial charge in [-0.25, -0.2) is 4.98 Å². The number of fused-ring (bicyclic) bond motifs is 1. The van der Waals surface area contributed by atoms with Gasteiger partial charge in [0.25, 0.3) is 5.91 Å². The van der Waals surface area contributed by atoms with Crippen molar-refractivity contribution in [1.29, 1.82) is 0 Å². The maximum Gasteiger partial charge on any atom is 0.416 e. The van der Waals surface area contributed by atoms with E-state index in [1.54, 1.807) is 0 Å². The van der Waals surface area contributed by atoms with Gasteiger partial charge < -0.3 is 4.74 Å². The van der Waals surface area contributed by atoms with Gasteiger partial charge in [0, 0.05) is 31.7 Å². The first-order valence-electron chi connectivity index (χ1n) is 10.5. The van der Waals surface area contributed by atoms with Crippen molar-refractivity contribution in [2.45, 2.75) is 19.5 Å². The Kier molecular flexibility index (Phi) is 6.78. The van der Waals surface area contributed by atoms with Crippen LogP contribution in [-0.2, 0) is 17.3 Å². The molecular weight excluding hydrogens is 439 g/mol. The number of anilines is 1. The van der Waals surface area contributed by atoms with Gasteiger partial charge in [-0.2, -0.15) is 13.2 Å². The normalized spacial score (nSPS) is 15.2. The lowest BCUT2D eigenvalue weighted by atomic mass is 10.1. The number of aromatic nitrogens is 1. The Balaban J connectivity index is 1.68. The highest BCUT2D eigenvalue weighted by Crippen LogP contribution is 2.33. The van der Waals surface area contributed by atoms with E-state index in [1.807, 2.05) is 25.1 Å². The Morgan fingerprint density at radius 2 is 1.94 bits per heavy atom. The lowest BCUT2D eigenvalue weighted by Gasteiger charge is -2.29. The van der Waals surface area contributed by atoms with Crippen molar-refractivity contribution >= 4 is 32.6 Å². The zero-order valence-corrected chi connectivity index (χ0v) is 18.5. The van der Waals surface area contributed by atoms with Gasteiger partial charge in [0.15, 0.2) is 5.13 Å². The highest BCUT2D eigenvalue weighted by atomic mass is 32.1. The molecule has 2 heterocycles. The largest absolute Gasteiger partial charge is 0.416 e. The third-order valence-corrected chi connectivity index (χ3v) is 6.57. The summed E-state index contributed by atoms with van der Waals surface area (Å²) in [5.41, 5.74) is 1.07. The Hall–Kier alpha value is -2.49. The van der Waals surface area contributed by atoms with Crippen LogP contribution in [0.4, 0.5) is 18.3 Å². The van der Waals surface area contributed by atoms with Crippen molar-refractivity contribution in [3.05, 3.63) is 59.2 Å². The Morgan fingerprint density at radius 1 is 1.19 bits per heavy atom. The number of amides is 1. The van der Waals surface area contributed by atoms with E-state index in [-0.39, 0.29) is 5.56 Å². The van der Waals surface area contributed by atoms with Gasteiger partial charge in [-0.1, -0.05) is 36.5 Å². The summed E-state index contributed by atoms with van der Waals surface area (Å²) in [6, 6.07) is 10.5. The number of hydrogen-bond donors (Lipinski definition) is 0. The number of hydrogen-bond acceptors (Lipinski definition) is 5. The second kappa shape index (κ2) is 9.56.